The van der Waals surface area contributed by atoms with Gasteiger partial charge in [-0.15, -0.1) is 12.6 Å². The van der Waals surface area contributed by atoms with Crippen molar-refractivity contribution < 1.29 is 23.2 Å². The zero-order chi connectivity index (χ0) is 13.4. The normalized spacial score (nSPS) is 11.2. The van der Waals surface area contributed by atoms with E-state index in [2.05, 4.69) is 12.6 Å². The summed E-state index contributed by atoms with van der Waals surface area (Å²) in [5.74, 6) is -1.51. The number of nitro benzene ring substituents is 1. The second-order valence-corrected chi connectivity index (χ2v) is 4.93. The number of carboxylic acids is 1. The Balaban J connectivity index is 3.73. The molecule has 0 aromatic heterocycles. The first-order chi connectivity index (χ1) is 7.64. The number of primary sulfonamides is 1. The third kappa shape index (κ3) is 2.72. The molecule has 0 aliphatic heterocycles. The Kier molecular flexibility index (Phi) is 3.40. The third-order valence-corrected chi connectivity index (χ3v) is 3.36. The number of hydrogen-bond acceptors (Lipinski definition) is 6. The molecular formula is C7H6N2O6S2. The maximum Gasteiger partial charge on any atom is 0.335 e. The van der Waals surface area contributed by atoms with E-state index in [9.17, 15) is 23.3 Å². The average Bonchev–Trinajstić information content (AvgIpc) is 2.15. The van der Waals surface area contributed by atoms with E-state index in [0.29, 0.717) is 12.1 Å². The lowest BCUT2D eigenvalue weighted by Crippen LogP contribution is -2.15. The van der Waals surface area contributed by atoms with Gasteiger partial charge in [0.25, 0.3) is 5.69 Å². The Labute approximate surface area is 101 Å². The molecule has 0 saturated heterocycles. The number of aromatic carboxylic acids is 1. The molecule has 1 rings (SSSR count). The lowest BCUT2D eigenvalue weighted by atomic mass is 10.2. The molecule has 92 valence electrons. The third-order valence-electron chi connectivity index (χ3n) is 1.81. The molecule has 1 aromatic rings. The van der Waals surface area contributed by atoms with Crippen LogP contribution >= 0.6 is 12.6 Å². The van der Waals surface area contributed by atoms with Crippen molar-refractivity contribution in [2.24, 2.45) is 5.14 Å². The van der Waals surface area contributed by atoms with Crippen molar-refractivity contribution in [2.45, 2.75) is 9.79 Å². The molecule has 3 N–H and O–H groups in total. The summed E-state index contributed by atoms with van der Waals surface area (Å²) in [4.78, 5) is 19.1. The predicted octanol–water partition coefficient (Wildman–Crippen LogP) is 0.229. The van der Waals surface area contributed by atoms with Gasteiger partial charge in [0, 0.05) is 6.07 Å². The number of nitrogens with two attached hydrogens (primary N) is 1. The van der Waals surface area contributed by atoms with Crippen LogP contribution in [0, 0.1) is 10.1 Å². The monoisotopic (exact) mass is 278 g/mol. The Hall–Kier alpha value is -1.65. The maximum absolute atomic E-state index is 11.1. The lowest BCUT2D eigenvalue weighted by molar-refractivity contribution is -0.388. The van der Waals surface area contributed by atoms with E-state index in [0.717, 1.165) is 0 Å². The second-order valence-electron chi connectivity index (χ2n) is 2.95. The number of nitro groups is 1. The van der Waals surface area contributed by atoms with Crippen molar-refractivity contribution >= 4 is 34.3 Å². The molecule has 0 spiro atoms. The fourth-order valence-corrected chi connectivity index (χ4v) is 2.33. The van der Waals surface area contributed by atoms with Crippen LogP contribution in [0.3, 0.4) is 0 Å². The van der Waals surface area contributed by atoms with E-state index >= 15 is 0 Å². The quantitative estimate of drug-likeness (QED) is 0.410. The van der Waals surface area contributed by atoms with Crippen molar-refractivity contribution in [3.8, 4) is 0 Å². The van der Waals surface area contributed by atoms with Crippen molar-refractivity contribution in [1.29, 1.82) is 0 Å². The van der Waals surface area contributed by atoms with Crippen LogP contribution in [0.1, 0.15) is 10.4 Å². The molecule has 0 aliphatic rings. The summed E-state index contributed by atoms with van der Waals surface area (Å²) in [5, 5.41) is 24.1. The number of rotatable bonds is 3. The highest BCUT2D eigenvalue weighted by molar-refractivity contribution is 7.90. The van der Waals surface area contributed by atoms with Crippen LogP contribution in [0.2, 0.25) is 0 Å². The van der Waals surface area contributed by atoms with Crippen LogP contribution in [-0.4, -0.2) is 24.4 Å². The summed E-state index contributed by atoms with van der Waals surface area (Å²) in [5.41, 5.74) is -1.30. The van der Waals surface area contributed by atoms with Gasteiger partial charge in [0.1, 0.15) is 9.79 Å². The minimum atomic E-state index is -4.29. The molecular weight excluding hydrogens is 272 g/mol. The van der Waals surface area contributed by atoms with Gasteiger partial charge in [-0.25, -0.2) is 18.4 Å². The zero-order valence-electron chi connectivity index (χ0n) is 8.02. The molecule has 0 unspecified atom stereocenters. The standard InChI is InChI=1S/C7H6N2O6S2/c8-17(14,15)5-2-3(7(10)11)1-4(6(5)16)9(12)13/h1-2,16H,(H,10,11)(H2,8,14,15). The minimum absolute atomic E-state index is 0.498. The zero-order valence-corrected chi connectivity index (χ0v) is 9.73. The molecule has 8 nitrogen and oxygen atoms in total. The molecule has 0 bridgehead atoms. The number of carbonyl (C=O) groups is 1. The molecule has 0 heterocycles. The largest absolute Gasteiger partial charge is 0.478 e. The van der Waals surface area contributed by atoms with Gasteiger partial charge >= 0.3 is 5.97 Å². The van der Waals surface area contributed by atoms with Gasteiger partial charge in [-0.05, 0) is 6.07 Å². The van der Waals surface area contributed by atoms with Gasteiger partial charge in [0.05, 0.1) is 10.5 Å². The fraction of sp³-hybridized carbons (Fsp3) is 0. The number of sulfonamides is 1. The molecule has 0 atom stereocenters. The Morgan fingerprint density at radius 2 is 2.00 bits per heavy atom. The number of carboxylic acid groups (broad SMARTS) is 1. The highest BCUT2D eigenvalue weighted by atomic mass is 32.2. The first-order valence-electron chi connectivity index (χ1n) is 3.92. The first-order valence-corrected chi connectivity index (χ1v) is 5.91. The molecule has 0 saturated carbocycles. The van der Waals surface area contributed by atoms with Crippen LogP contribution in [0.5, 0.6) is 0 Å². The second kappa shape index (κ2) is 4.31. The van der Waals surface area contributed by atoms with Crippen LogP contribution < -0.4 is 5.14 Å². The highest BCUT2D eigenvalue weighted by Gasteiger charge is 2.24. The molecule has 10 heteroatoms. The van der Waals surface area contributed by atoms with Gasteiger partial charge in [-0.2, -0.15) is 0 Å². The molecule has 0 aliphatic carbocycles. The Morgan fingerprint density at radius 1 is 1.47 bits per heavy atom. The van der Waals surface area contributed by atoms with Gasteiger partial charge < -0.3 is 5.11 Å². The number of hydrogen-bond donors (Lipinski definition) is 3. The van der Waals surface area contributed by atoms with E-state index in [-0.39, 0.29) is 0 Å². The molecule has 0 radical (unpaired) electrons. The lowest BCUT2D eigenvalue weighted by Gasteiger charge is -2.05. The van der Waals surface area contributed by atoms with Crippen molar-refractivity contribution in [1.82, 2.24) is 0 Å². The van der Waals surface area contributed by atoms with E-state index in [1.54, 1.807) is 0 Å². The van der Waals surface area contributed by atoms with Gasteiger partial charge in [-0.3, -0.25) is 10.1 Å². The summed E-state index contributed by atoms with van der Waals surface area (Å²) in [6, 6.07) is 1.42. The van der Waals surface area contributed by atoms with E-state index in [1.807, 2.05) is 0 Å². The molecule has 0 fully saturated rings. The van der Waals surface area contributed by atoms with Crippen LogP contribution in [0.15, 0.2) is 21.9 Å². The van der Waals surface area contributed by atoms with Gasteiger partial charge in [0.15, 0.2) is 0 Å². The first kappa shape index (κ1) is 13.4. The Morgan fingerprint density at radius 3 is 2.35 bits per heavy atom. The topological polar surface area (TPSA) is 141 Å². The summed E-state index contributed by atoms with van der Waals surface area (Å²) >= 11 is 3.67. The van der Waals surface area contributed by atoms with Crippen LogP contribution in [-0.2, 0) is 10.0 Å². The maximum atomic E-state index is 11.1. The predicted molar refractivity (Wildman–Crippen MR) is 58.7 cm³/mol. The van der Waals surface area contributed by atoms with Crippen molar-refractivity contribution in [2.75, 3.05) is 0 Å². The SMILES string of the molecule is NS(=O)(=O)c1cc(C(=O)O)cc([N+](=O)[O-])c1S. The summed E-state index contributed by atoms with van der Waals surface area (Å²) in [7, 11) is -4.29. The smallest absolute Gasteiger partial charge is 0.335 e. The number of benzene rings is 1. The summed E-state index contributed by atoms with van der Waals surface area (Å²) < 4.78 is 22.2. The fourth-order valence-electron chi connectivity index (χ4n) is 1.07. The highest BCUT2D eigenvalue weighted by Crippen LogP contribution is 2.30. The molecule has 1 aromatic carbocycles. The van der Waals surface area contributed by atoms with Crippen LogP contribution in [0.25, 0.3) is 0 Å². The summed E-state index contributed by atoms with van der Waals surface area (Å²) in [6.07, 6.45) is 0. The summed E-state index contributed by atoms with van der Waals surface area (Å²) in [6.45, 7) is 0. The van der Waals surface area contributed by atoms with Gasteiger partial charge in [0.2, 0.25) is 10.0 Å². The van der Waals surface area contributed by atoms with Crippen molar-refractivity contribution in [3.63, 3.8) is 0 Å². The Bertz CT molecular complexity index is 609. The van der Waals surface area contributed by atoms with E-state index in [4.69, 9.17) is 10.2 Å². The molecule has 0 amide bonds. The van der Waals surface area contributed by atoms with Crippen molar-refractivity contribution in [3.05, 3.63) is 27.8 Å². The minimum Gasteiger partial charge on any atom is -0.478 e. The number of nitrogens with zero attached hydrogens (tertiary/aromatic N) is 1. The van der Waals surface area contributed by atoms with E-state index in [1.165, 1.54) is 0 Å². The molecule has 17 heavy (non-hydrogen) atoms. The van der Waals surface area contributed by atoms with Gasteiger partial charge in [-0.1, -0.05) is 0 Å². The van der Waals surface area contributed by atoms with E-state index < -0.39 is 42.0 Å². The van der Waals surface area contributed by atoms with Crippen LogP contribution in [0.4, 0.5) is 5.69 Å². The number of thiol groups is 1. The average molecular weight is 278 g/mol.